The molecule has 2 amide bonds. The molecule has 2 aromatic carbocycles. The van der Waals surface area contributed by atoms with Gasteiger partial charge in [-0.15, -0.1) is 0 Å². The fourth-order valence-corrected chi connectivity index (χ4v) is 2.41. The fourth-order valence-electron chi connectivity index (χ4n) is 1.97. The van der Waals surface area contributed by atoms with Gasteiger partial charge in [0.2, 0.25) is 11.8 Å². The second-order valence-electron chi connectivity index (χ2n) is 5.04. The molecule has 4 nitrogen and oxygen atoms in total. The summed E-state index contributed by atoms with van der Waals surface area (Å²) in [5, 5.41) is 5.92. The molecule has 0 aliphatic rings. The standard InChI is InChI=1S/C17H16BrClN2O2/c1-11-14(19)3-2-4-15(11)21-17(23)10-20-16(22)9-12-5-7-13(18)8-6-12/h2-8H,9-10H2,1H3,(H,20,22)(H,21,23). The van der Waals surface area contributed by atoms with Crippen LogP contribution in [0, 0.1) is 6.92 Å². The van der Waals surface area contributed by atoms with Crippen LogP contribution in [0.5, 0.6) is 0 Å². The Labute approximate surface area is 148 Å². The minimum Gasteiger partial charge on any atom is -0.347 e. The summed E-state index contributed by atoms with van der Waals surface area (Å²) in [6.45, 7) is 1.74. The van der Waals surface area contributed by atoms with Crippen molar-refractivity contribution in [3.63, 3.8) is 0 Å². The lowest BCUT2D eigenvalue weighted by atomic mass is 10.1. The molecule has 0 radical (unpaired) electrons. The largest absolute Gasteiger partial charge is 0.347 e. The van der Waals surface area contributed by atoms with E-state index in [2.05, 4.69) is 26.6 Å². The SMILES string of the molecule is Cc1c(Cl)cccc1NC(=O)CNC(=O)Cc1ccc(Br)cc1. The maximum absolute atomic E-state index is 11.9. The van der Waals surface area contributed by atoms with Crippen LogP contribution in [-0.4, -0.2) is 18.4 Å². The highest BCUT2D eigenvalue weighted by Gasteiger charge is 2.09. The normalized spacial score (nSPS) is 10.2. The third kappa shape index (κ3) is 5.37. The van der Waals surface area contributed by atoms with Gasteiger partial charge < -0.3 is 10.6 Å². The molecular formula is C17H16BrClN2O2. The van der Waals surface area contributed by atoms with Crippen molar-refractivity contribution in [2.75, 3.05) is 11.9 Å². The van der Waals surface area contributed by atoms with E-state index in [1.807, 2.05) is 31.2 Å². The summed E-state index contributed by atoms with van der Waals surface area (Å²) in [5.41, 5.74) is 2.32. The molecular weight excluding hydrogens is 380 g/mol. The van der Waals surface area contributed by atoms with Crippen LogP contribution >= 0.6 is 27.5 Å². The highest BCUT2D eigenvalue weighted by Crippen LogP contribution is 2.22. The minimum absolute atomic E-state index is 0.0820. The second kappa shape index (κ2) is 8.13. The molecule has 2 aromatic rings. The third-order valence-electron chi connectivity index (χ3n) is 3.27. The van der Waals surface area contributed by atoms with Gasteiger partial charge in [0.05, 0.1) is 13.0 Å². The van der Waals surface area contributed by atoms with Gasteiger partial charge in [-0.2, -0.15) is 0 Å². The van der Waals surface area contributed by atoms with Gasteiger partial charge in [0.1, 0.15) is 0 Å². The van der Waals surface area contributed by atoms with Crippen LogP contribution in [0.4, 0.5) is 5.69 Å². The van der Waals surface area contributed by atoms with Gasteiger partial charge in [0.25, 0.3) is 0 Å². The first-order valence-electron chi connectivity index (χ1n) is 7.02. The molecule has 0 bridgehead atoms. The summed E-state index contributed by atoms with van der Waals surface area (Å²) in [5.74, 6) is -0.496. The molecule has 120 valence electrons. The predicted octanol–water partition coefficient (Wildman–Crippen LogP) is 3.71. The molecule has 6 heteroatoms. The molecule has 2 rings (SSSR count). The Morgan fingerprint density at radius 1 is 1.09 bits per heavy atom. The molecule has 0 aliphatic carbocycles. The van der Waals surface area contributed by atoms with E-state index in [1.165, 1.54) is 0 Å². The molecule has 0 atom stereocenters. The van der Waals surface area contributed by atoms with Crippen LogP contribution in [0.15, 0.2) is 46.9 Å². The number of halogens is 2. The Morgan fingerprint density at radius 2 is 1.78 bits per heavy atom. The molecule has 0 spiro atoms. The number of amides is 2. The number of carbonyl (C=O) groups excluding carboxylic acids is 2. The summed E-state index contributed by atoms with van der Waals surface area (Å²) >= 11 is 9.34. The molecule has 0 aromatic heterocycles. The topological polar surface area (TPSA) is 58.2 Å². The minimum atomic E-state index is -0.292. The zero-order chi connectivity index (χ0) is 16.8. The Morgan fingerprint density at radius 3 is 2.48 bits per heavy atom. The number of hydrogen-bond acceptors (Lipinski definition) is 2. The van der Waals surface area contributed by atoms with Crippen LogP contribution in [-0.2, 0) is 16.0 Å². The first kappa shape index (κ1) is 17.5. The van der Waals surface area contributed by atoms with Crippen LogP contribution in [0.1, 0.15) is 11.1 Å². The zero-order valence-electron chi connectivity index (χ0n) is 12.5. The molecule has 0 saturated heterocycles. The van der Waals surface area contributed by atoms with E-state index in [9.17, 15) is 9.59 Å². The summed E-state index contributed by atoms with van der Waals surface area (Å²) in [6.07, 6.45) is 0.233. The lowest BCUT2D eigenvalue weighted by Crippen LogP contribution is -2.33. The van der Waals surface area contributed by atoms with E-state index >= 15 is 0 Å². The van der Waals surface area contributed by atoms with E-state index in [4.69, 9.17) is 11.6 Å². The fraction of sp³-hybridized carbons (Fsp3) is 0.176. The van der Waals surface area contributed by atoms with Crippen LogP contribution in [0.25, 0.3) is 0 Å². The maximum atomic E-state index is 11.9. The van der Waals surface area contributed by atoms with Gasteiger partial charge in [-0.3, -0.25) is 9.59 Å². The highest BCUT2D eigenvalue weighted by molar-refractivity contribution is 9.10. The Bertz CT molecular complexity index is 717. The number of hydrogen-bond donors (Lipinski definition) is 2. The van der Waals surface area contributed by atoms with Crippen LogP contribution in [0.2, 0.25) is 5.02 Å². The Kier molecular flexibility index (Phi) is 6.19. The number of nitrogens with one attached hydrogen (secondary N) is 2. The van der Waals surface area contributed by atoms with E-state index in [0.717, 1.165) is 15.6 Å². The van der Waals surface area contributed by atoms with Gasteiger partial charge in [-0.05, 0) is 42.3 Å². The molecule has 0 saturated carbocycles. The average molecular weight is 396 g/mol. The van der Waals surface area contributed by atoms with Crippen molar-refractivity contribution in [1.29, 1.82) is 0 Å². The van der Waals surface area contributed by atoms with Crippen molar-refractivity contribution in [2.24, 2.45) is 0 Å². The summed E-state index contributed by atoms with van der Waals surface area (Å²) in [4.78, 5) is 23.8. The van der Waals surface area contributed by atoms with Crippen LogP contribution < -0.4 is 10.6 Å². The number of rotatable bonds is 5. The summed E-state index contributed by atoms with van der Waals surface area (Å²) in [7, 11) is 0. The molecule has 0 unspecified atom stereocenters. The monoisotopic (exact) mass is 394 g/mol. The van der Waals surface area contributed by atoms with Crippen molar-refractivity contribution in [3.8, 4) is 0 Å². The second-order valence-corrected chi connectivity index (χ2v) is 6.36. The first-order chi connectivity index (χ1) is 11.0. The molecule has 23 heavy (non-hydrogen) atoms. The molecule has 0 aliphatic heterocycles. The van der Waals surface area contributed by atoms with Gasteiger partial charge >= 0.3 is 0 Å². The lowest BCUT2D eigenvalue weighted by Gasteiger charge is -2.10. The van der Waals surface area contributed by atoms with Crippen molar-refractivity contribution in [2.45, 2.75) is 13.3 Å². The van der Waals surface area contributed by atoms with E-state index in [-0.39, 0.29) is 24.8 Å². The number of benzene rings is 2. The molecule has 0 heterocycles. The first-order valence-corrected chi connectivity index (χ1v) is 8.19. The molecule has 0 fully saturated rings. The summed E-state index contributed by atoms with van der Waals surface area (Å²) in [6, 6.07) is 12.7. The van der Waals surface area contributed by atoms with Gasteiger partial charge in [-0.1, -0.05) is 45.7 Å². The Hall–Kier alpha value is -1.85. The number of carbonyl (C=O) groups is 2. The van der Waals surface area contributed by atoms with Gasteiger partial charge in [0, 0.05) is 15.2 Å². The maximum Gasteiger partial charge on any atom is 0.243 e. The van der Waals surface area contributed by atoms with Crippen molar-refractivity contribution < 1.29 is 9.59 Å². The zero-order valence-corrected chi connectivity index (χ0v) is 14.9. The predicted molar refractivity (Wildman–Crippen MR) is 95.7 cm³/mol. The van der Waals surface area contributed by atoms with E-state index in [0.29, 0.717) is 10.7 Å². The lowest BCUT2D eigenvalue weighted by molar-refractivity contribution is -0.123. The number of anilines is 1. The third-order valence-corrected chi connectivity index (χ3v) is 4.20. The highest BCUT2D eigenvalue weighted by atomic mass is 79.9. The van der Waals surface area contributed by atoms with E-state index < -0.39 is 0 Å². The quantitative estimate of drug-likeness (QED) is 0.811. The molecule has 2 N–H and O–H groups in total. The average Bonchev–Trinajstić information content (AvgIpc) is 2.52. The smallest absolute Gasteiger partial charge is 0.243 e. The van der Waals surface area contributed by atoms with E-state index in [1.54, 1.807) is 18.2 Å². The van der Waals surface area contributed by atoms with Crippen LogP contribution in [0.3, 0.4) is 0 Å². The summed E-state index contributed by atoms with van der Waals surface area (Å²) < 4.78 is 0.956. The van der Waals surface area contributed by atoms with Gasteiger partial charge in [-0.25, -0.2) is 0 Å². The van der Waals surface area contributed by atoms with Crippen molar-refractivity contribution in [3.05, 3.63) is 63.1 Å². The van der Waals surface area contributed by atoms with Crippen molar-refractivity contribution >= 4 is 45.0 Å². The van der Waals surface area contributed by atoms with Crippen molar-refractivity contribution in [1.82, 2.24) is 5.32 Å². The Balaban J connectivity index is 1.83. The van der Waals surface area contributed by atoms with Gasteiger partial charge in [0.15, 0.2) is 0 Å².